The number of nitrogens with zero attached hydrogens (tertiary/aromatic N) is 3. The van der Waals surface area contributed by atoms with E-state index >= 15 is 0 Å². The molecular formula is C12H23N5O2S. The van der Waals surface area contributed by atoms with Crippen LogP contribution in [0.4, 0.5) is 11.6 Å². The monoisotopic (exact) mass is 301 g/mol. The third-order valence-corrected chi connectivity index (χ3v) is 4.72. The maximum Gasteiger partial charge on any atom is 0.182 e. The highest BCUT2D eigenvalue weighted by Gasteiger charge is 2.30. The number of aromatic nitrogens is 2. The van der Waals surface area contributed by atoms with Crippen molar-refractivity contribution < 1.29 is 8.42 Å². The molecule has 1 aliphatic heterocycles. The molecule has 0 radical (unpaired) electrons. The van der Waals surface area contributed by atoms with E-state index in [0.29, 0.717) is 18.9 Å². The summed E-state index contributed by atoms with van der Waals surface area (Å²) in [6, 6.07) is 0.189. The van der Waals surface area contributed by atoms with Gasteiger partial charge < -0.3 is 16.4 Å². The molecule has 2 rings (SSSR count). The van der Waals surface area contributed by atoms with Gasteiger partial charge >= 0.3 is 0 Å². The van der Waals surface area contributed by atoms with Crippen molar-refractivity contribution in [3.63, 3.8) is 0 Å². The lowest BCUT2D eigenvalue weighted by molar-refractivity contribution is 0.489. The molecule has 0 unspecified atom stereocenters. The molecule has 0 saturated carbocycles. The zero-order chi connectivity index (χ0) is 15.1. The quantitative estimate of drug-likeness (QED) is 0.835. The summed E-state index contributed by atoms with van der Waals surface area (Å²) in [6.07, 6.45) is 2.83. The molecule has 0 aliphatic carbocycles. The average molecular weight is 301 g/mol. The Morgan fingerprint density at radius 2 is 1.85 bits per heavy atom. The lowest BCUT2D eigenvalue weighted by Gasteiger charge is -2.30. The van der Waals surface area contributed by atoms with E-state index in [1.54, 1.807) is 4.68 Å². The molecule has 7 nitrogen and oxygen atoms in total. The van der Waals surface area contributed by atoms with Crippen molar-refractivity contribution in [1.82, 2.24) is 9.78 Å². The van der Waals surface area contributed by atoms with Crippen LogP contribution in [-0.4, -0.2) is 43.6 Å². The molecule has 8 heteroatoms. The first-order chi connectivity index (χ1) is 9.21. The molecule has 20 heavy (non-hydrogen) atoms. The second-order valence-corrected chi connectivity index (χ2v) is 7.63. The van der Waals surface area contributed by atoms with E-state index in [-0.39, 0.29) is 22.8 Å². The zero-order valence-corrected chi connectivity index (χ0v) is 13.0. The molecule has 0 amide bonds. The van der Waals surface area contributed by atoms with Crippen LogP contribution in [-0.2, 0) is 9.84 Å². The summed E-state index contributed by atoms with van der Waals surface area (Å²) < 4.78 is 25.6. The van der Waals surface area contributed by atoms with Crippen molar-refractivity contribution in [3.8, 4) is 0 Å². The molecular weight excluding hydrogens is 278 g/mol. The van der Waals surface area contributed by atoms with Gasteiger partial charge in [-0.15, -0.1) is 0 Å². The molecule has 1 aliphatic rings. The smallest absolute Gasteiger partial charge is 0.182 e. The second-order valence-electron chi connectivity index (χ2n) is 5.67. The van der Waals surface area contributed by atoms with Gasteiger partial charge in [-0.2, -0.15) is 5.10 Å². The second kappa shape index (κ2) is 5.25. The summed E-state index contributed by atoms with van der Waals surface area (Å²) in [5.41, 5.74) is 11.9. The summed E-state index contributed by atoms with van der Waals surface area (Å²) in [7, 11) is -3.42. The Labute approximate surface area is 119 Å². The molecule has 1 aromatic heterocycles. The summed E-state index contributed by atoms with van der Waals surface area (Å²) >= 11 is 0. The van der Waals surface area contributed by atoms with E-state index in [9.17, 15) is 8.42 Å². The number of hydrogen-bond donors (Lipinski definition) is 2. The van der Waals surface area contributed by atoms with Gasteiger partial charge in [0.2, 0.25) is 0 Å². The number of rotatable bonds is 3. The van der Waals surface area contributed by atoms with E-state index in [1.165, 1.54) is 6.26 Å². The fourth-order valence-electron chi connectivity index (χ4n) is 2.49. The van der Waals surface area contributed by atoms with Crippen molar-refractivity contribution in [1.29, 1.82) is 0 Å². The molecule has 0 atom stereocenters. The minimum atomic E-state index is -3.42. The van der Waals surface area contributed by atoms with E-state index in [1.807, 2.05) is 18.7 Å². The van der Waals surface area contributed by atoms with Crippen LogP contribution in [0.5, 0.6) is 0 Å². The first-order valence-corrected chi connectivity index (χ1v) is 8.69. The van der Waals surface area contributed by atoms with Crippen LogP contribution < -0.4 is 16.4 Å². The molecule has 1 saturated heterocycles. The summed E-state index contributed by atoms with van der Waals surface area (Å²) in [6.45, 7) is 5.26. The molecule has 0 aromatic carbocycles. The van der Waals surface area contributed by atoms with Gasteiger partial charge in [0.05, 0.1) is 0 Å². The largest absolute Gasteiger partial charge is 0.383 e. The Kier molecular flexibility index (Phi) is 3.97. The van der Waals surface area contributed by atoms with Crippen LogP contribution in [0, 0.1) is 0 Å². The minimum absolute atomic E-state index is 0.0105. The Morgan fingerprint density at radius 1 is 1.30 bits per heavy atom. The van der Waals surface area contributed by atoms with Gasteiger partial charge in [-0.1, -0.05) is 0 Å². The van der Waals surface area contributed by atoms with Gasteiger partial charge in [-0.3, -0.25) is 0 Å². The predicted octanol–water partition coefficient (Wildman–Crippen LogP) is 0.377. The molecule has 4 N–H and O–H groups in total. The Morgan fingerprint density at radius 3 is 2.30 bits per heavy atom. The Balaban J connectivity index is 2.49. The average Bonchev–Trinajstić information content (AvgIpc) is 2.67. The summed E-state index contributed by atoms with van der Waals surface area (Å²) in [5.74, 6) is 0.679. The van der Waals surface area contributed by atoms with Gasteiger partial charge in [0.25, 0.3) is 0 Å². The van der Waals surface area contributed by atoms with Crippen molar-refractivity contribution in [2.45, 2.75) is 43.7 Å². The number of sulfone groups is 1. The molecule has 1 fully saturated rings. The van der Waals surface area contributed by atoms with E-state index in [2.05, 4.69) is 5.10 Å². The van der Waals surface area contributed by atoms with Crippen LogP contribution in [0.15, 0.2) is 4.90 Å². The third kappa shape index (κ3) is 2.76. The van der Waals surface area contributed by atoms with Gasteiger partial charge in [0, 0.05) is 31.4 Å². The SMILES string of the molecule is CC(C)n1nc(N2CCC(N)CC2)c(S(C)(=O)=O)c1N. The highest BCUT2D eigenvalue weighted by Crippen LogP contribution is 2.33. The predicted molar refractivity (Wildman–Crippen MR) is 79.6 cm³/mol. The minimum Gasteiger partial charge on any atom is -0.383 e. The standard InChI is InChI=1S/C12H23N5O2S/c1-8(2)17-11(14)10(20(3,18)19)12(15-17)16-6-4-9(13)5-7-16/h8-9H,4-7,13-14H2,1-3H3. The lowest BCUT2D eigenvalue weighted by Crippen LogP contribution is -2.40. The Hall–Kier alpha value is -1.28. The highest BCUT2D eigenvalue weighted by atomic mass is 32.2. The van der Waals surface area contributed by atoms with Gasteiger partial charge in [0.1, 0.15) is 5.82 Å². The van der Waals surface area contributed by atoms with Crippen LogP contribution in [0.2, 0.25) is 0 Å². The number of anilines is 2. The van der Waals surface area contributed by atoms with Gasteiger partial charge in [-0.05, 0) is 26.7 Å². The maximum atomic E-state index is 12.0. The molecule has 1 aromatic rings. The fourth-order valence-corrected chi connectivity index (χ4v) is 3.46. The van der Waals surface area contributed by atoms with Crippen LogP contribution >= 0.6 is 0 Å². The van der Waals surface area contributed by atoms with Crippen LogP contribution in [0.1, 0.15) is 32.7 Å². The maximum absolute atomic E-state index is 12.0. The molecule has 0 bridgehead atoms. The zero-order valence-electron chi connectivity index (χ0n) is 12.2. The summed E-state index contributed by atoms with van der Waals surface area (Å²) in [4.78, 5) is 2.11. The van der Waals surface area contributed by atoms with E-state index in [4.69, 9.17) is 11.5 Å². The number of nitrogens with two attached hydrogens (primary N) is 2. The van der Waals surface area contributed by atoms with Crippen molar-refractivity contribution in [2.75, 3.05) is 30.0 Å². The third-order valence-electron chi connectivity index (χ3n) is 3.58. The normalized spacial score (nSPS) is 17.9. The van der Waals surface area contributed by atoms with Crippen molar-refractivity contribution >= 4 is 21.5 Å². The van der Waals surface area contributed by atoms with Crippen molar-refractivity contribution in [2.24, 2.45) is 5.73 Å². The highest BCUT2D eigenvalue weighted by molar-refractivity contribution is 7.91. The van der Waals surface area contributed by atoms with Gasteiger partial charge in [0.15, 0.2) is 20.6 Å². The van der Waals surface area contributed by atoms with E-state index < -0.39 is 9.84 Å². The first kappa shape index (κ1) is 15.1. The Bertz CT molecular complexity index is 585. The molecule has 0 spiro atoms. The molecule has 114 valence electrons. The van der Waals surface area contributed by atoms with Crippen LogP contribution in [0.3, 0.4) is 0 Å². The number of hydrogen-bond acceptors (Lipinski definition) is 6. The number of nitrogen functional groups attached to an aromatic ring is 1. The molecule has 2 heterocycles. The summed E-state index contributed by atoms with van der Waals surface area (Å²) in [5, 5.41) is 4.42. The fraction of sp³-hybridized carbons (Fsp3) is 0.750. The topological polar surface area (TPSA) is 107 Å². The van der Waals surface area contributed by atoms with Crippen LogP contribution in [0.25, 0.3) is 0 Å². The lowest BCUT2D eigenvalue weighted by atomic mass is 10.1. The van der Waals surface area contributed by atoms with Gasteiger partial charge in [-0.25, -0.2) is 13.1 Å². The number of piperidine rings is 1. The van der Waals surface area contributed by atoms with Crippen molar-refractivity contribution in [3.05, 3.63) is 0 Å². The van der Waals surface area contributed by atoms with E-state index in [0.717, 1.165) is 12.8 Å². The first-order valence-electron chi connectivity index (χ1n) is 6.80.